The van der Waals surface area contributed by atoms with E-state index < -0.39 is 5.97 Å². The molecule has 0 amide bonds. The third-order valence-corrected chi connectivity index (χ3v) is 7.36. The zero-order valence-corrected chi connectivity index (χ0v) is 19.8. The highest BCUT2D eigenvalue weighted by molar-refractivity contribution is 7.98. The summed E-state index contributed by atoms with van der Waals surface area (Å²) in [5.74, 6) is 1.15. The number of ether oxygens (including phenoxy) is 3. The summed E-state index contributed by atoms with van der Waals surface area (Å²) < 4.78 is 18.6. The summed E-state index contributed by atoms with van der Waals surface area (Å²) in [6, 6.07) is 5.68. The van der Waals surface area contributed by atoms with Crippen LogP contribution in [-0.4, -0.2) is 36.5 Å². The van der Waals surface area contributed by atoms with Crippen molar-refractivity contribution >= 4 is 29.3 Å². The van der Waals surface area contributed by atoms with Crippen molar-refractivity contribution in [3.8, 4) is 17.0 Å². The number of hydrogen-bond acceptors (Lipinski definition) is 6. The Hall–Kier alpha value is -1.96. The first-order chi connectivity index (χ1) is 15.4. The molecule has 2 aliphatic heterocycles. The van der Waals surface area contributed by atoms with E-state index in [0.717, 1.165) is 54.2 Å². The minimum Gasteiger partial charge on any atom is -0.492 e. The largest absolute Gasteiger partial charge is 0.492 e. The van der Waals surface area contributed by atoms with E-state index in [4.69, 9.17) is 25.8 Å². The Bertz CT molecular complexity index is 1120. The molecule has 0 radical (unpaired) electrons. The van der Waals surface area contributed by atoms with E-state index in [-0.39, 0.29) is 23.3 Å². The van der Waals surface area contributed by atoms with E-state index in [1.165, 1.54) is 0 Å². The second-order valence-electron chi connectivity index (χ2n) is 8.90. The van der Waals surface area contributed by atoms with Crippen molar-refractivity contribution < 1.29 is 19.0 Å². The second-order valence-corrected chi connectivity index (χ2v) is 10.3. The van der Waals surface area contributed by atoms with Gasteiger partial charge < -0.3 is 18.8 Å². The van der Waals surface area contributed by atoms with Crippen molar-refractivity contribution in [2.24, 2.45) is 5.92 Å². The number of thioether (sulfide) groups is 1. The van der Waals surface area contributed by atoms with Gasteiger partial charge in [0.15, 0.2) is 0 Å². The Morgan fingerprint density at radius 3 is 2.78 bits per heavy atom. The maximum absolute atomic E-state index is 13.3. The van der Waals surface area contributed by atoms with Crippen LogP contribution in [0, 0.1) is 5.92 Å². The molecule has 0 N–H and O–H groups in total. The molecule has 1 saturated heterocycles. The number of rotatable bonds is 6. The normalized spacial score (nSPS) is 19.6. The average molecular weight is 476 g/mol. The van der Waals surface area contributed by atoms with E-state index in [2.05, 4.69) is 0 Å². The molecule has 1 unspecified atom stereocenters. The highest BCUT2D eigenvalue weighted by Gasteiger charge is 2.34. The number of hydrogen-bond donors (Lipinski definition) is 0. The Morgan fingerprint density at radius 2 is 2.09 bits per heavy atom. The molecule has 1 saturated carbocycles. The molecular weight excluding hydrogens is 450 g/mol. The Balaban J connectivity index is 1.54. The molecular formula is C24H26ClNO5S. The molecule has 6 nitrogen and oxygen atoms in total. The lowest BCUT2D eigenvalue weighted by Gasteiger charge is -2.25. The van der Waals surface area contributed by atoms with Crippen LogP contribution < -0.4 is 10.3 Å². The van der Waals surface area contributed by atoms with E-state index in [9.17, 15) is 9.59 Å². The zero-order valence-electron chi connectivity index (χ0n) is 18.2. The van der Waals surface area contributed by atoms with Gasteiger partial charge in [0, 0.05) is 34.8 Å². The molecule has 32 heavy (non-hydrogen) atoms. The first-order valence-electron chi connectivity index (χ1n) is 11.1. The number of carbonyl (C=O) groups excluding carboxylic acids is 1. The number of esters is 1. The van der Waals surface area contributed by atoms with Gasteiger partial charge >= 0.3 is 5.97 Å². The van der Waals surface area contributed by atoms with Gasteiger partial charge in [-0.05, 0) is 56.9 Å². The van der Waals surface area contributed by atoms with Crippen LogP contribution in [0.4, 0.5) is 0 Å². The third kappa shape index (κ3) is 4.18. The molecule has 5 rings (SSSR count). The van der Waals surface area contributed by atoms with Gasteiger partial charge in [0.25, 0.3) is 5.56 Å². The summed E-state index contributed by atoms with van der Waals surface area (Å²) in [6.07, 6.45) is 2.57. The fourth-order valence-corrected chi connectivity index (χ4v) is 5.49. The SMILES string of the molecule is CC(C)OC(=O)c1cc2c(n(C3CC3)c1=O)-c1cc(Cl)c(OCC3CCOC3)cc1SC2. The van der Waals surface area contributed by atoms with E-state index >= 15 is 0 Å². The summed E-state index contributed by atoms with van der Waals surface area (Å²) in [5, 5.41) is 0.522. The van der Waals surface area contributed by atoms with Crippen LogP contribution in [-0.2, 0) is 15.2 Å². The smallest absolute Gasteiger partial charge is 0.344 e. The maximum atomic E-state index is 13.3. The molecule has 170 valence electrons. The van der Waals surface area contributed by atoms with Gasteiger partial charge in [0.05, 0.1) is 30.0 Å². The molecule has 3 heterocycles. The maximum Gasteiger partial charge on any atom is 0.344 e. The molecule has 0 bridgehead atoms. The molecule has 1 aromatic carbocycles. The number of benzene rings is 1. The second kappa shape index (κ2) is 8.76. The highest BCUT2D eigenvalue weighted by atomic mass is 35.5. The number of fused-ring (bicyclic) bond motifs is 3. The molecule has 1 atom stereocenters. The van der Waals surface area contributed by atoms with Gasteiger partial charge in [-0.25, -0.2) is 4.79 Å². The minimum absolute atomic E-state index is 0.107. The number of aromatic nitrogens is 1. The van der Waals surface area contributed by atoms with Crippen LogP contribution in [0.25, 0.3) is 11.3 Å². The molecule has 1 aromatic heterocycles. The van der Waals surface area contributed by atoms with E-state index in [0.29, 0.717) is 29.0 Å². The average Bonchev–Trinajstić information content (AvgIpc) is 3.45. The fourth-order valence-electron chi connectivity index (χ4n) is 4.24. The molecule has 8 heteroatoms. The first-order valence-corrected chi connectivity index (χ1v) is 12.5. The summed E-state index contributed by atoms with van der Waals surface area (Å²) in [7, 11) is 0. The van der Waals surface area contributed by atoms with Gasteiger partial charge in [-0.1, -0.05) is 11.6 Å². The topological polar surface area (TPSA) is 66.8 Å². The number of nitrogens with zero attached hydrogens (tertiary/aromatic N) is 1. The first kappa shape index (κ1) is 21.9. The molecule has 0 spiro atoms. The lowest BCUT2D eigenvalue weighted by atomic mass is 10.0. The summed E-state index contributed by atoms with van der Waals surface area (Å²) in [6.45, 7) is 5.64. The third-order valence-electron chi connectivity index (χ3n) is 5.96. The van der Waals surface area contributed by atoms with Crippen molar-refractivity contribution in [2.75, 3.05) is 19.8 Å². The molecule has 2 fully saturated rings. The van der Waals surface area contributed by atoms with Gasteiger partial charge in [-0.2, -0.15) is 0 Å². The predicted octanol–water partition coefficient (Wildman–Crippen LogP) is 5.09. The Labute approximate surface area is 196 Å². The van der Waals surface area contributed by atoms with Crippen molar-refractivity contribution in [3.05, 3.63) is 44.7 Å². The zero-order chi connectivity index (χ0) is 22.4. The molecule has 2 aromatic rings. The van der Waals surface area contributed by atoms with Crippen LogP contribution in [0.1, 0.15) is 55.1 Å². The summed E-state index contributed by atoms with van der Waals surface area (Å²) >= 11 is 8.28. The molecule has 3 aliphatic rings. The van der Waals surface area contributed by atoms with E-state index in [1.807, 2.05) is 12.1 Å². The van der Waals surface area contributed by atoms with Crippen LogP contribution in [0.15, 0.2) is 27.9 Å². The lowest BCUT2D eigenvalue weighted by Crippen LogP contribution is -2.30. The quantitative estimate of drug-likeness (QED) is 0.542. The number of pyridine rings is 1. The van der Waals surface area contributed by atoms with E-state index in [1.54, 1.807) is 36.2 Å². The van der Waals surface area contributed by atoms with Crippen LogP contribution in [0.2, 0.25) is 5.02 Å². The summed E-state index contributed by atoms with van der Waals surface area (Å²) in [4.78, 5) is 27.0. The highest BCUT2D eigenvalue weighted by Crippen LogP contribution is 2.48. The summed E-state index contributed by atoms with van der Waals surface area (Å²) in [5.41, 5.74) is 2.57. The van der Waals surface area contributed by atoms with Crippen molar-refractivity contribution in [1.29, 1.82) is 0 Å². The monoisotopic (exact) mass is 475 g/mol. The van der Waals surface area contributed by atoms with Gasteiger partial charge in [-0.15, -0.1) is 11.8 Å². The van der Waals surface area contributed by atoms with Crippen molar-refractivity contribution in [3.63, 3.8) is 0 Å². The van der Waals surface area contributed by atoms with Gasteiger partial charge in [0.1, 0.15) is 11.3 Å². The van der Waals surface area contributed by atoms with Gasteiger partial charge in [0.2, 0.25) is 0 Å². The Morgan fingerprint density at radius 1 is 1.28 bits per heavy atom. The molecule has 1 aliphatic carbocycles. The Kier molecular flexibility index (Phi) is 5.99. The van der Waals surface area contributed by atoms with Crippen molar-refractivity contribution in [1.82, 2.24) is 4.57 Å². The van der Waals surface area contributed by atoms with Crippen molar-refractivity contribution in [2.45, 2.75) is 55.9 Å². The van der Waals surface area contributed by atoms with Crippen LogP contribution >= 0.6 is 23.4 Å². The standard InChI is InChI=1S/C24H26ClNO5S/c1-13(2)31-24(28)18-7-15-12-32-21-9-20(30-11-14-5-6-29-10-14)19(25)8-17(21)22(15)26(23(18)27)16-3-4-16/h7-9,13-14,16H,3-6,10-12H2,1-2H3. The predicted molar refractivity (Wildman–Crippen MR) is 124 cm³/mol. The minimum atomic E-state index is -0.560. The fraction of sp³-hybridized carbons (Fsp3) is 0.500. The van der Waals surface area contributed by atoms with Gasteiger partial charge in [-0.3, -0.25) is 4.79 Å². The number of halogens is 1. The van der Waals surface area contributed by atoms with Crippen LogP contribution in [0.5, 0.6) is 5.75 Å². The number of carbonyl (C=O) groups is 1. The lowest BCUT2D eigenvalue weighted by molar-refractivity contribution is 0.0375. The van der Waals surface area contributed by atoms with Crippen LogP contribution in [0.3, 0.4) is 0 Å².